The summed E-state index contributed by atoms with van der Waals surface area (Å²) in [5.74, 6) is -0.660. The summed E-state index contributed by atoms with van der Waals surface area (Å²) in [5.41, 5.74) is 6.22. The molecule has 1 heterocycles. The Morgan fingerprint density at radius 2 is 1.62 bits per heavy atom. The maximum Gasteiger partial charge on any atom is 0.255 e. The Bertz CT molecular complexity index is 976. The Kier molecular flexibility index (Phi) is 7.54. The zero-order chi connectivity index (χ0) is 23.1. The number of nitrogens with zero attached hydrogens (tertiary/aromatic N) is 1. The van der Waals surface area contributed by atoms with Gasteiger partial charge in [-0.15, -0.1) is 0 Å². The Labute approximate surface area is 186 Å². The van der Waals surface area contributed by atoms with E-state index in [0.717, 1.165) is 19.3 Å². The van der Waals surface area contributed by atoms with Gasteiger partial charge in [-0.1, -0.05) is 12.1 Å². The van der Waals surface area contributed by atoms with E-state index in [1.807, 2.05) is 4.90 Å². The first-order chi connectivity index (χ1) is 15.4. The Hall–Kier alpha value is -3.75. The highest BCUT2D eigenvalue weighted by molar-refractivity contribution is 6.09. The SMILES string of the molecule is COc1cc(C(=O)Nc2ccccc2C(=O)N2CCCCC2)cc(OC)c1OCC(N)=O. The molecule has 3 N–H and O–H groups in total. The Morgan fingerprint density at radius 1 is 1.00 bits per heavy atom. The van der Waals surface area contributed by atoms with Crippen molar-refractivity contribution in [3.63, 3.8) is 0 Å². The average molecular weight is 441 g/mol. The van der Waals surface area contributed by atoms with Crippen molar-refractivity contribution in [2.75, 3.05) is 39.2 Å². The predicted octanol–water partition coefficient (Wildman–Crippen LogP) is 2.45. The van der Waals surface area contributed by atoms with Gasteiger partial charge in [0.2, 0.25) is 5.75 Å². The fourth-order valence-electron chi connectivity index (χ4n) is 3.54. The maximum atomic E-state index is 13.0. The second-order valence-corrected chi connectivity index (χ2v) is 7.32. The summed E-state index contributed by atoms with van der Waals surface area (Å²) in [6.07, 6.45) is 3.07. The lowest BCUT2D eigenvalue weighted by Crippen LogP contribution is -2.36. The van der Waals surface area contributed by atoms with Crippen LogP contribution in [0, 0.1) is 0 Å². The van der Waals surface area contributed by atoms with E-state index in [9.17, 15) is 14.4 Å². The minimum Gasteiger partial charge on any atom is -0.493 e. The molecule has 0 aliphatic carbocycles. The minimum absolute atomic E-state index is 0.106. The van der Waals surface area contributed by atoms with E-state index < -0.39 is 11.8 Å². The number of nitrogens with one attached hydrogen (secondary N) is 1. The second-order valence-electron chi connectivity index (χ2n) is 7.32. The van der Waals surface area contributed by atoms with Gasteiger partial charge in [-0.3, -0.25) is 14.4 Å². The number of carbonyl (C=O) groups is 3. The molecule has 170 valence electrons. The van der Waals surface area contributed by atoms with Crippen LogP contribution in [0.2, 0.25) is 0 Å². The van der Waals surface area contributed by atoms with Crippen molar-refractivity contribution >= 4 is 23.4 Å². The van der Waals surface area contributed by atoms with Crippen molar-refractivity contribution in [1.29, 1.82) is 0 Å². The molecule has 9 heteroatoms. The van der Waals surface area contributed by atoms with Crippen molar-refractivity contribution in [2.45, 2.75) is 19.3 Å². The fraction of sp³-hybridized carbons (Fsp3) is 0.348. The van der Waals surface area contributed by atoms with Crippen molar-refractivity contribution in [3.8, 4) is 17.2 Å². The second kappa shape index (κ2) is 10.5. The summed E-state index contributed by atoms with van der Waals surface area (Å²) in [5, 5.41) is 2.81. The van der Waals surface area contributed by atoms with Crippen LogP contribution < -0.4 is 25.3 Å². The minimum atomic E-state index is -0.661. The van der Waals surface area contributed by atoms with Crippen molar-refractivity contribution in [2.24, 2.45) is 5.73 Å². The van der Waals surface area contributed by atoms with E-state index in [4.69, 9.17) is 19.9 Å². The molecular formula is C23H27N3O6. The quantitative estimate of drug-likeness (QED) is 0.649. The molecule has 1 aliphatic rings. The van der Waals surface area contributed by atoms with E-state index in [1.165, 1.54) is 26.4 Å². The first kappa shape index (κ1) is 22.9. The monoisotopic (exact) mass is 441 g/mol. The number of benzene rings is 2. The standard InChI is InChI=1S/C23H27N3O6/c1-30-18-12-15(13-19(31-2)21(18)32-14-20(24)27)22(28)25-17-9-5-4-8-16(17)23(29)26-10-6-3-7-11-26/h4-5,8-9,12-13H,3,6-7,10-11,14H2,1-2H3,(H2,24,27)(H,25,28). The maximum absolute atomic E-state index is 13.0. The van der Waals surface area contributed by atoms with Crippen LogP contribution in [0.1, 0.15) is 40.0 Å². The molecule has 1 aliphatic heterocycles. The van der Waals surface area contributed by atoms with Gasteiger partial charge in [-0.25, -0.2) is 0 Å². The third-order valence-corrected chi connectivity index (χ3v) is 5.13. The first-order valence-electron chi connectivity index (χ1n) is 10.3. The molecule has 0 atom stereocenters. The Balaban J connectivity index is 1.86. The topological polar surface area (TPSA) is 120 Å². The zero-order valence-corrected chi connectivity index (χ0v) is 18.2. The summed E-state index contributed by atoms with van der Waals surface area (Å²) >= 11 is 0. The van der Waals surface area contributed by atoms with Gasteiger partial charge in [0.25, 0.3) is 17.7 Å². The van der Waals surface area contributed by atoms with Crippen LogP contribution in [0.3, 0.4) is 0 Å². The summed E-state index contributed by atoms with van der Waals surface area (Å²) in [7, 11) is 2.81. The number of piperidine rings is 1. The van der Waals surface area contributed by atoms with E-state index in [-0.39, 0.29) is 35.3 Å². The van der Waals surface area contributed by atoms with Crippen molar-refractivity contribution < 1.29 is 28.6 Å². The molecule has 0 radical (unpaired) electrons. The number of anilines is 1. The molecule has 0 saturated carbocycles. The smallest absolute Gasteiger partial charge is 0.255 e. The van der Waals surface area contributed by atoms with Crippen LogP contribution in [-0.4, -0.2) is 56.5 Å². The molecule has 1 fully saturated rings. The van der Waals surface area contributed by atoms with Crippen LogP contribution in [0.4, 0.5) is 5.69 Å². The number of primary amides is 1. The van der Waals surface area contributed by atoms with E-state index in [1.54, 1.807) is 24.3 Å². The molecule has 0 unspecified atom stereocenters. The molecule has 1 saturated heterocycles. The average Bonchev–Trinajstić information content (AvgIpc) is 2.82. The number of nitrogens with two attached hydrogens (primary N) is 1. The number of carbonyl (C=O) groups excluding carboxylic acids is 3. The normalized spacial score (nSPS) is 13.2. The summed E-state index contributed by atoms with van der Waals surface area (Å²) in [6, 6.07) is 9.84. The molecule has 9 nitrogen and oxygen atoms in total. The number of para-hydroxylation sites is 1. The summed E-state index contributed by atoms with van der Waals surface area (Å²) < 4.78 is 16.0. The van der Waals surface area contributed by atoms with Gasteiger partial charge in [0.05, 0.1) is 25.5 Å². The Morgan fingerprint density at radius 3 is 2.22 bits per heavy atom. The predicted molar refractivity (Wildman–Crippen MR) is 118 cm³/mol. The van der Waals surface area contributed by atoms with E-state index >= 15 is 0 Å². The molecule has 0 bridgehead atoms. The lowest BCUT2D eigenvalue weighted by Gasteiger charge is -2.27. The number of hydrogen-bond donors (Lipinski definition) is 2. The van der Waals surface area contributed by atoms with E-state index in [2.05, 4.69) is 5.32 Å². The molecule has 3 rings (SSSR count). The number of rotatable bonds is 8. The van der Waals surface area contributed by atoms with Crippen LogP contribution in [0.25, 0.3) is 0 Å². The molecule has 3 amide bonds. The molecule has 0 spiro atoms. The number of ether oxygens (including phenoxy) is 3. The van der Waals surface area contributed by atoms with Crippen LogP contribution in [0.15, 0.2) is 36.4 Å². The van der Waals surface area contributed by atoms with Gasteiger partial charge >= 0.3 is 0 Å². The number of methoxy groups -OCH3 is 2. The van der Waals surface area contributed by atoms with Gasteiger partial charge in [0.15, 0.2) is 18.1 Å². The highest BCUT2D eigenvalue weighted by Gasteiger charge is 2.23. The van der Waals surface area contributed by atoms with Gasteiger partial charge in [-0.2, -0.15) is 0 Å². The number of likely N-dealkylation sites (tertiary alicyclic amines) is 1. The number of amides is 3. The zero-order valence-electron chi connectivity index (χ0n) is 18.2. The molecule has 0 aromatic heterocycles. The summed E-state index contributed by atoms with van der Waals surface area (Å²) in [6.45, 7) is 1.05. The lowest BCUT2D eigenvalue weighted by atomic mass is 10.1. The van der Waals surface area contributed by atoms with Gasteiger partial charge < -0.3 is 30.2 Å². The largest absolute Gasteiger partial charge is 0.493 e. The third kappa shape index (κ3) is 5.29. The van der Waals surface area contributed by atoms with Gasteiger partial charge in [0.1, 0.15) is 0 Å². The highest BCUT2D eigenvalue weighted by Crippen LogP contribution is 2.38. The number of hydrogen-bond acceptors (Lipinski definition) is 6. The third-order valence-electron chi connectivity index (χ3n) is 5.13. The van der Waals surface area contributed by atoms with Crippen LogP contribution in [0.5, 0.6) is 17.2 Å². The molecule has 2 aromatic carbocycles. The van der Waals surface area contributed by atoms with Crippen LogP contribution in [-0.2, 0) is 4.79 Å². The highest BCUT2D eigenvalue weighted by atomic mass is 16.5. The van der Waals surface area contributed by atoms with Crippen molar-refractivity contribution in [3.05, 3.63) is 47.5 Å². The van der Waals surface area contributed by atoms with Gasteiger partial charge in [0, 0.05) is 18.7 Å². The summed E-state index contributed by atoms with van der Waals surface area (Å²) in [4.78, 5) is 38.9. The fourth-order valence-corrected chi connectivity index (χ4v) is 3.54. The van der Waals surface area contributed by atoms with Crippen LogP contribution >= 0.6 is 0 Å². The molecular weight excluding hydrogens is 414 g/mol. The van der Waals surface area contributed by atoms with E-state index in [0.29, 0.717) is 24.3 Å². The van der Waals surface area contributed by atoms with Crippen molar-refractivity contribution in [1.82, 2.24) is 4.90 Å². The van der Waals surface area contributed by atoms with Gasteiger partial charge in [-0.05, 0) is 43.5 Å². The lowest BCUT2D eigenvalue weighted by molar-refractivity contribution is -0.120. The molecule has 2 aromatic rings. The molecule has 32 heavy (non-hydrogen) atoms. The first-order valence-corrected chi connectivity index (χ1v) is 10.3.